The normalized spacial score (nSPS) is 14.6. The fraction of sp³-hybridized carbons (Fsp3) is 0.389. The Morgan fingerprint density at radius 1 is 1.36 bits per heavy atom. The lowest BCUT2D eigenvalue weighted by Gasteiger charge is -2.12. The number of carboxylic acids is 1. The first-order valence-corrected chi connectivity index (χ1v) is 7.98. The van der Waals surface area contributed by atoms with Crippen LogP contribution in [-0.2, 0) is 9.59 Å². The first kappa shape index (κ1) is 18.3. The molecule has 1 aliphatic rings. The molecule has 7 nitrogen and oxygen atoms in total. The van der Waals surface area contributed by atoms with Crippen molar-refractivity contribution in [2.24, 2.45) is 0 Å². The topological polar surface area (TPSA) is 109 Å². The molecule has 7 heteroatoms. The molecule has 1 amide bonds. The van der Waals surface area contributed by atoms with E-state index in [1.807, 2.05) is 6.07 Å². The summed E-state index contributed by atoms with van der Waals surface area (Å²) in [5.41, 5.74) is 0.589. The summed E-state index contributed by atoms with van der Waals surface area (Å²) in [6.45, 7) is -0.487. The molecule has 0 heterocycles. The lowest BCUT2D eigenvalue weighted by molar-refractivity contribution is -0.139. The second-order valence-corrected chi connectivity index (χ2v) is 5.72. The lowest BCUT2D eigenvalue weighted by atomic mass is 10.1. The number of aliphatic carboxylic acids is 1. The van der Waals surface area contributed by atoms with Crippen LogP contribution in [0.2, 0.25) is 0 Å². The van der Waals surface area contributed by atoms with E-state index in [-0.39, 0.29) is 23.3 Å². The van der Waals surface area contributed by atoms with Crippen molar-refractivity contribution >= 4 is 18.0 Å². The number of nitrogens with zero attached hydrogens (tertiary/aromatic N) is 1. The summed E-state index contributed by atoms with van der Waals surface area (Å²) in [7, 11) is 1.43. The Bertz CT molecular complexity index is 715. The average molecular weight is 344 g/mol. The Kier molecular flexibility index (Phi) is 6.40. The largest absolute Gasteiger partial charge is 0.493 e. The monoisotopic (exact) mass is 344 g/mol. The first-order chi connectivity index (χ1) is 12.0. The van der Waals surface area contributed by atoms with Crippen LogP contribution < -0.4 is 14.8 Å². The number of carbonyl (C=O) groups excluding carboxylic acids is 1. The SMILES string of the molecule is COc1cc(/C=C(\C#N)C(=O)NC2CCCC2)ccc1OCC(=O)O. The van der Waals surface area contributed by atoms with Gasteiger partial charge < -0.3 is 19.9 Å². The Morgan fingerprint density at radius 2 is 2.08 bits per heavy atom. The summed E-state index contributed by atoms with van der Waals surface area (Å²) in [6.07, 6.45) is 5.52. The van der Waals surface area contributed by atoms with Crippen molar-refractivity contribution in [3.8, 4) is 17.6 Å². The second-order valence-electron chi connectivity index (χ2n) is 5.72. The third kappa shape index (κ3) is 5.24. The zero-order valence-corrected chi connectivity index (χ0v) is 13.9. The summed E-state index contributed by atoms with van der Waals surface area (Å²) >= 11 is 0. The van der Waals surface area contributed by atoms with E-state index in [1.54, 1.807) is 12.1 Å². The quantitative estimate of drug-likeness (QED) is 0.579. The summed E-state index contributed by atoms with van der Waals surface area (Å²) in [4.78, 5) is 22.8. The van der Waals surface area contributed by atoms with Gasteiger partial charge in [-0.2, -0.15) is 5.26 Å². The molecule has 132 valence electrons. The number of ether oxygens (including phenoxy) is 2. The van der Waals surface area contributed by atoms with E-state index < -0.39 is 12.6 Å². The van der Waals surface area contributed by atoms with E-state index in [0.29, 0.717) is 11.3 Å². The van der Waals surface area contributed by atoms with Crippen molar-refractivity contribution in [1.29, 1.82) is 5.26 Å². The molecular formula is C18H20N2O5. The third-order valence-corrected chi connectivity index (χ3v) is 3.91. The van der Waals surface area contributed by atoms with E-state index in [1.165, 1.54) is 19.3 Å². The van der Waals surface area contributed by atoms with Gasteiger partial charge in [0.05, 0.1) is 7.11 Å². The van der Waals surface area contributed by atoms with Crippen LogP contribution in [0.3, 0.4) is 0 Å². The van der Waals surface area contributed by atoms with Gasteiger partial charge in [0.25, 0.3) is 5.91 Å². The van der Waals surface area contributed by atoms with E-state index in [0.717, 1.165) is 25.7 Å². The molecule has 1 fully saturated rings. The standard InChI is InChI=1S/C18H20N2O5/c1-24-16-9-12(6-7-15(16)25-11-17(21)22)8-13(10-19)18(23)20-14-4-2-3-5-14/h6-9,14H,2-5,11H2,1H3,(H,20,23)(H,21,22)/b13-8+. The molecule has 1 saturated carbocycles. The van der Waals surface area contributed by atoms with Crippen LogP contribution in [0.4, 0.5) is 0 Å². The minimum Gasteiger partial charge on any atom is -0.493 e. The molecule has 0 aliphatic heterocycles. The molecule has 2 N–H and O–H groups in total. The molecule has 1 aromatic carbocycles. The molecule has 1 aliphatic carbocycles. The summed E-state index contributed by atoms with van der Waals surface area (Å²) in [5, 5.41) is 20.8. The average Bonchev–Trinajstić information content (AvgIpc) is 3.10. The van der Waals surface area contributed by atoms with Crippen LogP contribution in [-0.4, -0.2) is 36.7 Å². The molecular weight excluding hydrogens is 324 g/mol. The molecule has 2 rings (SSSR count). The van der Waals surface area contributed by atoms with Crippen molar-refractivity contribution in [3.63, 3.8) is 0 Å². The third-order valence-electron chi connectivity index (χ3n) is 3.91. The van der Waals surface area contributed by atoms with Crippen LogP contribution in [0.25, 0.3) is 6.08 Å². The highest BCUT2D eigenvalue weighted by Gasteiger charge is 2.19. The molecule has 1 aromatic rings. The highest BCUT2D eigenvalue weighted by Crippen LogP contribution is 2.29. The minimum atomic E-state index is -1.10. The number of nitrogens with one attached hydrogen (secondary N) is 1. The van der Waals surface area contributed by atoms with Gasteiger partial charge in [-0.25, -0.2) is 4.79 Å². The van der Waals surface area contributed by atoms with Gasteiger partial charge in [0.15, 0.2) is 18.1 Å². The number of rotatable bonds is 7. The summed E-state index contributed by atoms with van der Waals surface area (Å²) < 4.78 is 10.3. The van der Waals surface area contributed by atoms with Gasteiger partial charge in [0, 0.05) is 6.04 Å². The number of hydrogen-bond donors (Lipinski definition) is 2. The highest BCUT2D eigenvalue weighted by molar-refractivity contribution is 6.01. The summed E-state index contributed by atoms with van der Waals surface area (Å²) in [6, 6.07) is 6.79. The van der Waals surface area contributed by atoms with E-state index >= 15 is 0 Å². The van der Waals surface area contributed by atoms with Crippen molar-refractivity contribution in [1.82, 2.24) is 5.32 Å². The Hall–Kier alpha value is -3.01. The molecule has 0 bridgehead atoms. The van der Waals surface area contributed by atoms with Crippen molar-refractivity contribution < 1.29 is 24.2 Å². The summed E-state index contributed by atoms with van der Waals surface area (Å²) in [5.74, 6) is -0.889. The number of carbonyl (C=O) groups is 2. The molecule has 0 radical (unpaired) electrons. The fourth-order valence-corrected chi connectivity index (χ4v) is 2.68. The smallest absolute Gasteiger partial charge is 0.341 e. The van der Waals surface area contributed by atoms with Crippen LogP contribution in [0.15, 0.2) is 23.8 Å². The molecule has 0 aromatic heterocycles. The predicted octanol–water partition coefficient (Wildman–Crippen LogP) is 2.12. The van der Waals surface area contributed by atoms with Gasteiger partial charge in [0.2, 0.25) is 0 Å². The molecule has 0 atom stereocenters. The predicted molar refractivity (Wildman–Crippen MR) is 90.1 cm³/mol. The molecule has 0 saturated heterocycles. The maximum absolute atomic E-state index is 12.2. The van der Waals surface area contributed by atoms with Gasteiger partial charge in [-0.05, 0) is 36.6 Å². The van der Waals surface area contributed by atoms with Crippen LogP contribution in [0.5, 0.6) is 11.5 Å². The van der Waals surface area contributed by atoms with Gasteiger partial charge in [-0.1, -0.05) is 18.9 Å². The molecule has 25 heavy (non-hydrogen) atoms. The zero-order valence-electron chi connectivity index (χ0n) is 13.9. The molecule has 0 spiro atoms. The van der Waals surface area contributed by atoms with E-state index in [9.17, 15) is 14.9 Å². The Balaban J connectivity index is 2.14. The van der Waals surface area contributed by atoms with Crippen molar-refractivity contribution in [2.75, 3.05) is 13.7 Å². The number of methoxy groups -OCH3 is 1. The zero-order chi connectivity index (χ0) is 18.2. The van der Waals surface area contributed by atoms with Crippen LogP contribution in [0.1, 0.15) is 31.2 Å². The number of hydrogen-bond acceptors (Lipinski definition) is 5. The first-order valence-electron chi connectivity index (χ1n) is 7.98. The number of benzene rings is 1. The number of amides is 1. The highest BCUT2D eigenvalue weighted by atomic mass is 16.5. The van der Waals surface area contributed by atoms with E-state index in [4.69, 9.17) is 14.6 Å². The van der Waals surface area contributed by atoms with Gasteiger partial charge in [-0.3, -0.25) is 4.79 Å². The maximum Gasteiger partial charge on any atom is 0.341 e. The molecule has 0 unspecified atom stereocenters. The number of nitriles is 1. The maximum atomic E-state index is 12.2. The van der Waals surface area contributed by atoms with Crippen LogP contribution >= 0.6 is 0 Å². The van der Waals surface area contributed by atoms with Gasteiger partial charge in [0.1, 0.15) is 11.6 Å². The van der Waals surface area contributed by atoms with E-state index in [2.05, 4.69) is 5.32 Å². The lowest BCUT2D eigenvalue weighted by Crippen LogP contribution is -2.33. The van der Waals surface area contributed by atoms with Gasteiger partial charge in [-0.15, -0.1) is 0 Å². The van der Waals surface area contributed by atoms with Gasteiger partial charge >= 0.3 is 5.97 Å². The number of carboxylic acid groups (broad SMARTS) is 1. The van der Waals surface area contributed by atoms with Crippen molar-refractivity contribution in [2.45, 2.75) is 31.7 Å². The van der Waals surface area contributed by atoms with Crippen molar-refractivity contribution in [3.05, 3.63) is 29.3 Å². The fourth-order valence-electron chi connectivity index (χ4n) is 2.68. The Labute approximate surface area is 145 Å². The second kappa shape index (κ2) is 8.73. The minimum absolute atomic E-state index is 0.00755. The van der Waals surface area contributed by atoms with Crippen LogP contribution in [0, 0.1) is 11.3 Å². The Morgan fingerprint density at radius 3 is 2.68 bits per heavy atom.